The Labute approximate surface area is 125 Å². The summed E-state index contributed by atoms with van der Waals surface area (Å²) in [5.41, 5.74) is 2.62. The number of rotatable bonds is 3. The molecule has 20 heavy (non-hydrogen) atoms. The van der Waals surface area contributed by atoms with Crippen molar-refractivity contribution in [2.75, 3.05) is 5.32 Å². The Morgan fingerprint density at radius 2 is 2.20 bits per heavy atom. The van der Waals surface area contributed by atoms with Crippen LogP contribution in [-0.4, -0.2) is 9.38 Å². The SMILES string of the molecule is Cc1cn2c(CNc3cc(F)ccc3Cl)c(C)nc2s1. The number of anilines is 1. The predicted octanol–water partition coefficient (Wildman–Crippen LogP) is 4.42. The molecule has 1 N–H and O–H groups in total. The van der Waals surface area contributed by atoms with E-state index in [0.717, 1.165) is 16.3 Å². The Morgan fingerprint density at radius 1 is 1.40 bits per heavy atom. The third-order valence-electron chi connectivity index (χ3n) is 3.12. The van der Waals surface area contributed by atoms with Crippen molar-refractivity contribution in [2.24, 2.45) is 0 Å². The summed E-state index contributed by atoms with van der Waals surface area (Å²) in [5.74, 6) is -0.307. The van der Waals surface area contributed by atoms with Crippen LogP contribution in [0.5, 0.6) is 0 Å². The molecule has 0 spiro atoms. The van der Waals surface area contributed by atoms with Gasteiger partial charge in [-0.1, -0.05) is 11.6 Å². The van der Waals surface area contributed by atoms with Gasteiger partial charge in [0, 0.05) is 11.1 Å². The Kier molecular flexibility index (Phi) is 3.40. The number of fused-ring (bicyclic) bond motifs is 1. The third-order valence-corrected chi connectivity index (χ3v) is 4.34. The second-order valence-corrected chi connectivity index (χ2v) is 6.24. The van der Waals surface area contributed by atoms with E-state index in [9.17, 15) is 4.39 Å². The molecule has 3 aromatic rings. The van der Waals surface area contributed by atoms with Gasteiger partial charge in [0.1, 0.15) is 5.82 Å². The largest absolute Gasteiger partial charge is 0.378 e. The van der Waals surface area contributed by atoms with Gasteiger partial charge in [0.25, 0.3) is 0 Å². The fourth-order valence-corrected chi connectivity index (χ4v) is 3.21. The van der Waals surface area contributed by atoms with Gasteiger partial charge >= 0.3 is 0 Å². The molecule has 0 aliphatic heterocycles. The zero-order chi connectivity index (χ0) is 14.3. The highest BCUT2D eigenvalue weighted by molar-refractivity contribution is 7.17. The van der Waals surface area contributed by atoms with Gasteiger partial charge in [-0.2, -0.15) is 0 Å². The Morgan fingerprint density at radius 3 is 3.00 bits per heavy atom. The molecular formula is C14H13ClFN3S. The molecule has 0 fully saturated rings. The molecular weight excluding hydrogens is 297 g/mol. The number of halogens is 2. The Hall–Kier alpha value is -1.59. The first-order valence-electron chi connectivity index (χ1n) is 6.17. The first-order chi connectivity index (χ1) is 9.54. The fourth-order valence-electron chi connectivity index (χ4n) is 2.13. The van der Waals surface area contributed by atoms with Crippen LogP contribution in [0.25, 0.3) is 4.96 Å². The lowest BCUT2D eigenvalue weighted by Gasteiger charge is -2.08. The molecule has 0 saturated carbocycles. The van der Waals surface area contributed by atoms with Crippen LogP contribution in [0.2, 0.25) is 5.02 Å². The molecule has 0 aliphatic rings. The van der Waals surface area contributed by atoms with E-state index >= 15 is 0 Å². The van der Waals surface area contributed by atoms with Crippen LogP contribution >= 0.6 is 22.9 Å². The monoisotopic (exact) mass is 309 g/mol. The lowest BCUT2D eigenvalue weighted by atomic mass is 10.3. The van der Waals surface area contributed by atoms with Crippen molar-refractivity contribution in [1.29, 1.82) is 0 Å². The van der Waals surface area contributed by atoms with Crippen molar-refractivity contribution < 1.29 is 4.39 Å². The molecule has 104 valence electrons. The lowest BCUT2D eigenvalue weighted by Crippen LogP contribution is -2.04. The van der Waals surface area contributed by atoms with Crippen LogP contribution in [0.1, 0.15) is 16.3 Å². The maximum absolute atomic E-state index is 13.2. The molecule has 1 aromatic carbocycles. The number of thiazole rings is 1. The van der Waals surface area contributed by atoms with Crippen molar-refractivity contribution in [3.05, 3.63) is 51.5 Å². The van der Waals surface area contributed by atoms with E-state index in [2.05, 4.69) is 27.8 Å². The van der Waals surface area contributed by atoms with E-state index < -0.39 is 0 Å². The molecule has 2 heterocycles. The first-order valence-corrected chi connectivity index (χ1v) is 7.37. The fraction of sp³-hybridized carbons (Fsp3) is 0.214. The summed E-state index contributed by atoms with van der Waals surface area (Å²) < 4.78 is 15.3. The number of benzene rings is 1. The molecule has 0 unspecified atom stereocenters. The van der Waals surface area contributed by atoms with Gasteiger partial charge in [-0.3, -0.25) is 4.40 Å². The van der Waals surface area contributed by atoms with Crippen molar-refractivity contribution >= 4 is 33.6 Å². The minimum absolute atomic E-state index is 0.307. The number of hydrogen-bond donors (Lipinski definition) is 1. The van der Waals surface area contributed by atoms with E-state index in [1.165, 1.54) is 17.0 Å². The highest BCUT2D eigenvalue weighted by Crippen LogP contribution is 2.25. The molecule has 0 aliphatic carbocycles. The maximum Gasteiger partial charge on any atom is 0.194 e. The zero-order valence-corrected chi connectivity index (χ0v) is 12.6. The number of imidazole rings is 1. The molecule has 3 nitrogen and oxygen atoms in total. The van der Waals surface area contributed by atoms with E-state index in [1.54, 1.807) is 17.4 Å². The molecule has 3 rings (SSSR count). The van der Waals surface area contributed by atoms with Crippen LogP contribution in [0, 0.1) is 19.7 Å². The molecule has 0 bridgehead atoms. The first kappa shape index (κ1) is 13.4. The van der Waals surface area contributed by atoms with E-state index in [-0.39, 0.29) is 5.82 Å². The summed E-state index contributed by atoms with van der Waals surface area (Å²) in [7, 11) is 0. The molecule has 0 amide bonds. The standard InChI is InChI=1S/C14H13ClFN3S/c1-8-7-19-13(9(2)18-14(19)20-8)6-17-12-5-10(16)3-4-11(12)15/h3-5,7,17H,6H2,1-2H3. The summed E-state index contributed by atoms with van der Waals surface area (Å²) >= 11 is 7.70. The highest BCUT2D eigenvalue weighted by Gasteiger charge is 2.11. The average Bonchev–Trinajstić information content (AvgIpc) is 2.86. The van der Waals surface area contributed by atoms with Gasteiger partial charge in [0.15, 0.2) is 4.96 Å². The second-order valence-electron chi connectivity index (χ2n) is 4.62. The van der Waals surface area contributed by atoms with Crippen LogP contribution in [0.15, 0.2) is 24.4 Å². The second kappa shape index (κ2) is 5.07. The summed E-state index contributed by atoms with van der Waals surface area (Å²) in [6.45, 7) is 4.57. The number of hydrogen-bond acceptors (Lipinski definition) is 3. The van der Waals surface area contributed by atoms with Crippen LogP contribution < -0.4 is 5.32 Å². The molecule has 0 saturated heterocycles. The number of aromatic nitrogens is 2. The van der Waals surface area contributed by atoms with Crippen molar-refractivity contribution in [3.8, 4) is 0 Å². The molecule has 0 atom stereocenters. The van der Waals surface area contributed by atoms with Crippen molar-refractivity contribution in [1.82, 2.24) is 9.38 Å². The Bertz CT molecular complexity index is 778. The zero-order valence-electron chi connectivity index (χ0n) is 11.1. The van der Waals surface area contributed by atoms with E-state index in [0.29, 0.717) is 17.3 Å². The average molecular weight is 310 g/mol. The predicted molar refractivity (Wildman–Crippen MR) is 81.3 cm³/mol. The van der Waals surface area contributed by atoms with Gasteiger partial charge in [-0.05, 0) is 32.0 Å². The van der Waals surface area contributed by atoms with Gasteiger partial charge in [0.05, 0.1) is 28.6 Å². The van der Waals surface area contributed by atoms with E-state index in [4.69, 9.17) is 11.6 Å². The smallest absolute Gasteiger partial charge is 0.194 e. The Balaban J connectivity index is 1.89. The summed E-state index contributed by atoms with van der Waals surface area (Å²) in [6.07, 6.45) is 2.06. The van der Waals surface area contributed by atoms with Crippen molar-refractivity contribution in [3.63, 3.8) is 0 Å². The van der Waals surface area contributed by atoms with Crippen molar-refractivity contribution in [2.45, 2.75) is 20.4 Å². The third kappa shape index (κ3) is 2.39. The summed E-state index contributed by atoms with van der Waals surface area (Å²) in [6, 6.07) is 4.29. The van der Waals surface area contributed by atoms with Crippen LogP contribution in [0.4, 0.5) is 10.1 Å². The molecule has 6 heteroatoms. The summed E-state index contributed by atoms with van der Waals surface area (Å²) in [5, 5.41) is 3.68. The van der Waals surface area contributed by atoms with Crippen LogP contribution in [-0.2, 0) is 6.54 Å². The quantitative estimate of drug-likeness (QED) is 0.776. The normalized spacial score (nSPS) is 11.2. The minimum Gasteiger partial charge on any atom is -0.378 e. The highest BCUT2D eigenvalue weighted by atomic mass is 35.5. The van der Waals surface area contributed by atoms with Gasteiger partial charge in [0.2, 0.25) is 0 Å². The molecule has 2 aromatic heterocycles. The topological polar surface area (TPSA) is 29.3 Å². The minimum atomic E-state index is -0.307. The van der Waals surface area contributed by atoms with Gasteiger partial charge in [-0.15, -0.1) is 11.3 Å². The van der Waals surface area contributed by atoms with Gasteiger partial charge in [-0.25, -0.2) is 9.37 Å². The van der Waals surface area contributed by atoms with E-state index in [1.807, 2.05) is 6.92 Å². The molecule has 0 radical (unpaired) electrons. The summed E-state index contributed by atoms with van der Waals surface area (Å²) in [4.78, 5) is 6.70. The maximum atomic E-state index is 13.2. The number of aryl methyl sites for hydroxylation is 2. The lowest BCUT2D eigenvalue weighted by molar-refractivity contribution is 0.628. The van der Waals surface area contributed by atoms with Gasteiger partial charge < -0.3 is 5.32 Å². The van der Waals surface area contributed by atoms with Crippen LogP contribution in [0.3, 0.4) is 0 Å². The number of nitrogens with one attached hydrogen (secondary N) is 1. The number of nitrogens with zero attached hydrogens (tertiary/aromatic N) is 2.